The van der Waals surface area contributed by atoms with Crippen LogP contribution in [0.25, 0.3) is 6.08 Å². The van der Waals surface area contributed by atoms with Crippen LogP contribution in [0.15, 0.2) is 18.2 Å². The minimum absolute atomic E-state index is 0.213. The molecule has 78 valence electrons. The van der Waals surface area contributed by atoms with E-state index in [0.29, 0.717) is 12.4 Å². The van der Waals surface area contributed by atoms with Crippen molar-refractivity contribution in [2.45, 2.75) is 0 Å². The molecule has 0 heterocycles. The quantitative estimate of drug-likeness (QED) is 0.334. The van der Waals surface area contributed by atoms with Gasteiger partial charge in [-0.05, 0) is 12.2 Å². The maximum atomic E-state index is 13.0. The van der Waals surface area contributed by atoms with Crippen molar-refractivity contribution in [2.24, 2.45) is 0 Å². The van der Waals surface area contributed by atoms with Gasteiger partial charge in [0, 0.05) is 17.7 Å². The van der Waals surface area contributed by atoms with Crippen molar-refractivity contribution in [1.82, 2.24) is 0 Å². The Hall–Kier alpha value is -2.11. The molecule has 1 aromatic carbocycles. The number of carbonyl (C=O) groups is 1. The van der Waals surface area contributed by atoms with Crippen LogP contribution in [-0.2, 0) is 4.79 Å². The molecule has 6 heteroatoms. The van der Waals surface area contributed by atoms with Crippen LogP contribution in [0.2, 0.25) is 0 Å². The number of carbonyl (C=O) groups excluding carboxylic acids is 1. The van der Waals surface area contributed by atoms with Crippen molar-refractivity contribution in [3.63, 3.8) is 0 Å². The van der Waals surface area contributed by atoms with E-state index in [9.17, 15) is 23.7 Å². The maximum absolute atomic E-state index is 13.0. The molecule has 15 heavy (non-hydrogen) atoms. The van der Waals surface area contributed by atoms with Gasteiger partial charge in [0.15, 0.2) is 0 Å². The van der Waals surface area contributed by atoms with E-state index >= 15 is 0 Å². The normalized spacial score (nSPS) is 10.5. The Morgan fingerprint density at radius 1 is 1.27 bits per heavy atom. The van der Waals surface area contributed by atoms with Crippen molar-refractivity contribution < 1.29 is 18.5 Å². The molecule has 4 nitrogen and oxygen atoms in total. The van der Waals surface area contributed by atoms with E-state index in [2.05, 4.69) is 0 Å². The summed E-state index contributed by atoms with van der Waals surface area (Å²) < 4.78 is 25.8. The van der Waals surface area contributed by atoms with Crippen molar-refractivity contribution in [1.29, 1.82) is 0 Å². The second kappa shape index (κ2) is 4.41. The Bertz CT molecular complexity index is 443. The lowest BCUT2D eigenvalue weighted by Gasteiger charge is -1.98. The molecule has 0 bridgehead atoms. The molecule has 0 unspecified atom stereocenters. The van der Waals surface area contributed by atoms with Crippen molar-refractivity contribution in [2.75, 3.05) is 0 Å². The monoisotopic (exact) mass is 213 g/mol. The summed E-state index contributed by atoms with van der Waals surface area (Å²) in [6, 6.07) is 1.13. The van der Waals surface area contributed by atoms with Crippen LogP contribution in [0.4, 0.5) is 14.5 Å². The molecule has 0 aliphatic rings. The molecule has 0 N–H and O–H groups in total. The zero-order valence-electron chi connectivity index (χ0n) is 7.31. The summed E-state index contributed by atoms with van der Waals surface area (Å²) in [6.45, 7) is 0. The van der Waals surface area contributed by atoms with E-state index in [4.69, 9.17) is 0 Å². The Morgan fingerprint density at radius 3 is 2.47 bits per heavy atom. The fourth-order valence-electron chi connectivity index (χ4n) is 0.964. The third-order valence-electron chi connectivity index (χ3n) is 1.62. The molecule has 0 atom stereocenters. The van der Waals surface area contributed by atoms with Gasteiger partial charge in [0.05, 0.1) is 4.92 Å². The van der Waals surface area contributed by atoms with Gasteiger partial charge in [-0.15, -0.1) is 0 Å². The minimum Gasteiger partial charge on any atom is -0.299 e. The number of aldehydes is 1. The molecule has 1 aromatic rings. The molecule has 0 aliphatic heterocycles. The predicted octanol–water partition coefficient (Wildman–Crippen LogP) is 2.09. The number of nitro benzene ring substituents is 1. The van der Waals surface area contributed by atoms with Crippen LogP contribution in [0.3, 0.4) is 0 Å². The summed E-state index contributed by atoms with van der Waals surface area (Å²) in [4.78, 5) is 19.3. The largest absolute Gasteiger partial charge is 0.305 e. The number of allylic oxidation sites excluding steroid dienone is 1. The molecule has 0 saturated heterocycles. The first-order valence-corrected chi connectivity index (χ1v) is 3.81. The maximum Gasteiger partial charge on any atom is 0.305 e. The van der Waals surface area contributed by atoms with Gasteiger partial charge in [0.2, 0.25) is 5.82 Å². The molecule has 0 radical (unpaired) electrons. The summed E-state index contributed by atoms with van der Waals surface area (Å²) in [7, 11) is 0. The fraction of sp³-hybridized carbons (Fsp3) is 0. The Morgan fingerprint density at radius 2 is 1.93 bits per heavy atom. The van der Waals surface area contributed by atoms with Gasteiger partial charge in [-0.3, -0.25) is 14.9 Å². The number of nitrogens with zero attached hydrogens (tertiary/aromatic N) is 1. The molecule has 0 spiro atoms. The number of hydrogen-bond donors (Lipinski definition) is 0. The molecular formula is C9H5F2NO3. The lowest BCUT2D eigenvalue weighted by Crippen LogP contribution is -1.95. The van der Waals surface area contributed by atoms with Crippen molar-refractivity contribution in [3.8, 4) is 0 Å². The van der Waals surface area contributed by atoms with E-state index in [1.54, 1.807) is 0 Å². The van der Waals surface area contributed by atoms with Crippen LogP contribution < -0.4 is 0 Å². The first-order chi connectivity index (χ1) is 7.06. The highest BCUT2D eigenvalue weighted by Crippen LogP contribution is 2.22. The minimum atomic E-state index is -1.25. The van der Waals surface area contributed by atoms with Crippen molar-refractivity contribution in [3.05, 3.63) is 45.5 Å². The molecule has 0 aromatic heterocycles. The average Bonchev–Trinajstić information content (AvgIpc) is 2.16. The van der Waals surface area contributed by atoms with E-state index < -0.39 is 22.2 Å². The molecular weight excluding hydrogens is 208 g/mol. The van der Waals surface area contributed by atoms with Gasteiger partial charge in [0.1, 0.15) is 12.1 Å². The highest BCUT2D eigenvalue weighted by Gasteiger charge is 2.16. The van der Waals surface area contributed by atoms with Crippen LogP contribution >= 0.6 is 0 Å². The topological polar surface area (TPSA) is 60.2 Å². The molecule has 0 saturated carbocycles. The number of rotatable bonds is 3. The summed E-state index contributed by atoms with van der Waals surface area (Å²) in [6.07, 6.45) is 2.36. The number of nitro groups is 1. The summed E-state index contributed by atoms with van der Waals surface area (Å²) in [5.74, 6) is -2.21. The third kappa shape index (κ3) is 2.43. The van der Waals surface area contributed by atoms with Gasteiger partial charge in [-0.25, -0.2) is 4.39 Å². The highest BCUT2D eigenvalue weighted by molar-refractivity contribution is 5.74. The SMILES string of the molecule is O=CC=Cc1cc([N+](=O)[O-])c(F)cc1F. The van der Waals surface area contributed by atoms with Crippen LogP contribution in [0.5, 0.6) is 0 Å². The third-order valence-corrected chi connectivity index (χ3v) is 1.62. The summed E-state index contributed by atoms with van der Waals surface area (Å²) >= 11 is 0. The highest BCUT2D eigenvalue weighted by atomic mass is 19.1. The van der Waals surface area contributed by atoms with Gasteiger partial charge in [0.25, 0.3) is 0 Å². The summed E-state index contributed by atoms with van der Waals surface area (Å²) in [5.41, 5.74) is -1.04. The number of benzene rings is 1. The molecule has 0 aliphatic carbocycles. The lowest BCUT2D eigenvalue weighted by molar-refractivity contribution is -0.387. The van der Waals surface area contributed by atoms with E-state index in [1.165, 1.54) is 0 Å². The van der Waals surface area contributed by atoms with Crippen molar-refractivity contribution >= 4 is 18.0 Å². The second-order valence-electron chi connectivity index (χ2n) is 2.58. The summed E-state index contributed by atoms with van der Waals surface area (Å²) in [5, 5.41) is 10.3. The van der Waals surface area contributed by atoms with Crippen LogP contribution in [0.1, 0.15) is 5.56 Å². The Kier molecular flexibility index (Phi) is 3.22. The van der Waals surface area contributed by atoms with E-state index in [-0.39, 0.29) is 5.56 Å². The zero-order chi connectivity index (χ0) is 11.4. The second-order valence-corrected chi connectivity index (χ2v) is 2.58. The van der Waals surface area contributed by atoms with Gasteiger partial charge >= 0.3 is 5.69 Å². The van der Waals surface area contributed by atoms with Gasteiger partial charge in [-0.1, -0.05) is 0 Å². The molecule has 0 amide bonds. The van der Waals surface area contributed by atoms with Crippen LogP contribution in [-0.4, -0.2) is 11.2 Å². The fourth-order valence-corrected chi connectivity index (χ4v) is 0.964. The average molecular weight is 213 g/mol. The van der Waals surface area contributed by atoms with Gasteiger partial charge < -0.3 is 0 Å². The first-order valence-electron chi connectivity index (χ1n) is 3.81. The van der Waals surface area contributed by atoms with Gasteiger partial charge in [-0.2, -0.15) is 4.39 Å². The predicted molar refractivity (Wildman–Crippen MR) is 48.1 cm³/mol. The molecule has 1 rings (SSSR count). The number of hydrogen-bond acceptors (Lipinski definition) is 3. The standard InChI is InChI=1S/C9H5F2NO3/c10-7-5-8(11)9(12(14)15)4-6(7)2-1-3-13/h1-5H. The Balaban J connectivity index is 3.29. The van der Waals surface area contributed by atoms with E-state index in [0.717, 1.165) is 18.2 Å². The smallest absolute Gasteiger partial charge is 0.299 e. The Labute approximate surface area is 83.0 Å². The van der Waals surface area contributed by atoms with Crippen LogP contribution in [0, 0.1) is 21.7 Å². The first kappa shape index (κ1) is 11.0. The lowest BCUT2D eigenvalue weighted by atomic mass is 10.1. The molecule has 0 fully saturated rings. The van der Waals surface area contributed by atoms with E-state index in [1.807, 2.05) is 0 Å². The zero-order valence-corrected chi connectivity index (χ0v) is 7.31. The number of halogens is 2.